The Hall–Kier alpha value is -3.95. The second-order valence-electron chi connectivity index (χ2n) is 8.75. The maximum atomic E-state index is 13.8. The van der Waals surface area contributed by atoms with Crippen LogP contribution in [0.5, 0.6) is 5.75 Å². The molecule has 1 N–H and O–H groups in total. The average molecular weight is 498 g/mol. The zero-order valence-electron chi connectivity index (χ0n) is 20.3. The molecule has 4 aromatic rings. The SMILES string of the molecule is Cc1cc(-c2ccnn2C)c2cccc(OCc3c(C(F)(F)F)ccnc3CNC(=O)C(C)C)c2n1. The van der Waals surface area contributed by atoms with Crippen molar-refractivity contribution in [2.45, 2.75) is 40.1 Å². The standard InChI is InChI=1S/C26H26F3N5O2/c1-15(2)25(35)31-13-21-19(20(8-10-30-21)26(27,28)29)14-36-23-7-5-6-17-18(12-16(3)33-24(17)23)22-9-11-32-34(22)4/h5-12,15H,13-14H2,1-4H3,(H,31,35). The summed E-state index contributed by atoms with van der Waals surface area (Å²) in [6.45, 7) is 4.71. The maximum Gasteiger partial charge on any atom is 0.416 e. The van der Waals surface area contributed by atoms with Gasteiger partial charge in [0.05, 0.1) is 23.5 Å². The van der Waals surface area contributed by atoms with E-state index >= 15 is 0 Å². The third-order valence-corrected chi connectivity index (χ3v) is 5.80. The molecule has 36 heavy (non-hydrogen) atoms. The van der Waals surface area contributed by atoms with E-state index in [1.54, 1.807) is 36.9 Å². The minimum Gasteiger partial charge on any atom is -0.487 e. The fraction of sp³-hybridized carbons (Fsp3) is 0.308. The van der Waals surface area contributed by atoms with Crippen molar-refractivity contribution in [3.05, 3.63) is 71.3 Å². The Morgan fingerprint density at radius 2 is 1.94 bits per heavy atom. The topological polar surface area (TPSA) is 81.9 Å². The van der Waals surface area contributed by atoms with Crippen molar-refractivity contribution in [1.82, 2.24) is 25.1 Å². The van der Waals surface area contributed by atoms with E-state index in [0.717, 1.165) is 34.6 Å². The highest BCUT2D eigenvalue weighted by Crippen LogP contribution is 2.36. The number of alkyl halides is 3. The second-order valence-corrected chi connectivity index (χ2v) is 8.75. The number of benzene rings is 1. The predicted octanol–water partition coefficient (Wildman–Crippen LogP) is 5.21. The zero-order chi connectivity index (χ0) is 26.0. The number of hydrogen-bond acceptors (Lipinski definition) is 5. The van der Waals surface area contributed by atoms with E-state index in [9.17, 15) is 18.0 Å². The summed E-state index contributed by atoms with van der Waals surface area (Å²) in [6, 6.07) is 10.1. The Labute approximate surface area is 206 Å². The summed E-state index contributed by atoms with van der Waals surface area (Å²) in [5.41, 5.74) is 2.12. The molecule has 0 aliphatic rings. The molecule has 10 heteroatoms. The number of carbonyl (C=O) groups excluding carboxylic acids is 1. The normalized spacial score (nSPS) is 11.8. The molecule has 0 bridgehead atoms. The van der Waals surface area contributed by atoms with Gasteiger partial charge in [-0.05, 0) is 31.2 Å². The van der Waals surface area contributed by atoms with E-state index in [4.69, 9.17) is 4.74 Å². The molecule has 0 unspecified atom stereocenters. The van der Waals surface area contributed by atoms with Crippen LogP contribution in [0, 0.1) is 12.8 Å². The number of pyridine rings is 2. The van der Waals surface area contributed by atoms with Crippen LogP contribution >= 0.6 is 0 Å². The molecule has 1 aromatic carbocycles. The molecule has 0 saturated heterocycles. The molecule has 188 valence electrons. The quantitative estimate of drug-likeness (QED) is 0.379. The van der Waals surface area contributed by atoms with Crippen LogP contribution in [0.15, 0.2) is 48.8 Å². The third-order valence-electron chi connectivity index (χ3n) is 5.80. The van der Waals surface area contributed by atoms with Gasteiger partial charge < -0.3 is 10.1 Å². The molecular weight excluding hydrogens is 471 g/mol. The minimum absolute atomic E-state index is 0.0961. The lowest BCUT2D eigenvalue weighted by Gasteiger charge is -2.18. The van der Waals surface area contributed by atoms with Crippen LogP contribution in [0.2, 0.25) is 0 Å². The number of aromatic nitrogens is 4. The Kier molecular flexibility index (Phi) is 6.96. The van der Waals surface area contributed by atoms with Gasteiger partial charge in [0.15, 0.2) is 0 Å². The highest BCUT2D eigenvalue weighted by molar-refractivity contribution is 5.97. The zero-order valence-corrected chi connectivity index (χ0v) is 20.3. The molecule has 0 atom stereocenters. The third kappa shape index (κ3) is 5.17. The number of rotatable bonds is 7. The van der Waals surface area contributed by atoms with E-state index in [0.29, 0.717) is 11.3 Å². The van der Waals surface area contributed by atoms with Crippen molar-refractivity contribution in [1.29, 1.82) is 0 Å². The van der Waals surface area contributed by atoms with Gasteiger partial charge in [-0.15, -0.1) is 0 Å². The van der Waals surface area contributed by atoms with E-state index in [1.165, 1.54) is 0 Å². The largest absolute Gasteiger partial charge is 0.487 e. The van der Waals surface area contributed by atoms with Crippen molar-refractivity contribution in [2.24, 2.45) is 13.0 Å². The summed E-state index contributed by atoms with van der Waals surface area (Å²) in [5, 5.41) is 7.65. The number of amides is 1. The Morgan fingerprint density at radius 3 is 2.61 bits per heavy atom. The summed E-state index contributed by atoms with van der Waals surface area (Å²) < 4.78 is 49.2. The van der Waals surface area contributed by atoms with Gasteiger partial charge >= 0.3 is 6.18 Å². The molecule has 3 aromatic heterocycles. The van der Waals surface area contributed by atoms with Gasteiger partial charge in [-0.3, -0.25) is 14.5 Å². The Bertz CT molecular complexity index is 1410. The molecular formula is C26H26F3N5O2. The molecule has 1 amide bonds. The number of aryl methyl sites for hydroxylation is 2. The van der Waals surface area contributed by atoms with Crippen molar-refractivity contribution < 1.29 is 22.7 Å². The molecule has 0 spiro atoms. The van der Waals surface area contributed by atoms with Crippen LogP contribution in [0.4, 0.5) is 13.2 Å². The smallest absolute Gasteiger partial charge is 0.416 e. The van der Waals surface area contributed by atoms with Crippen LogP contribution in [0.25, 0.3) is 22.2 Å². The van der Waals surface area contributed by atoms with Crippen LogP contribution in [-0.2, 0) is 31.2 Å². The summed E-state index contributed by atoms with van der Waals surface area (Å²) in [4.78, 5) is 20.7. The highest BCUT2D eigenvalue weighted by Gasteiger charge is 2.35. The lowest BCUT2D eigenvalue weighted by molar-refractivity contribution is -0.138. The molecule has 3 heterocycles. The van der Waals surface area contributed by atoms with E-state index in [-0.39, 0.29) is 29.6 Å². The van der Waals surface area contributed by atoms with Crippen LogP contribution in [0.3, 0.4) is 0 Å². The highest BCUT2D eigenvalue weighted by atomic mass is 19.4. The first kappa shape index (κ1) is 25.2. The summed E-state index contributed by atoms with van der Waals surface area (Å²) in [7, 11) is 1.83. The van der Waals surface area contributed by atoms with Crippen molar-refractivity contribution >= 4 is 16.8 Å². The number of nitrogens with zero attached hydrogens (tertiary/aromatic N) is 4. The Balaban J connectivity index is 1.73. The van der Waals surface area contributed by atoms with Crippen LogP contribution in [0.1, 0.15) is 36.4 Å². The average Bonchev–Trinajstić information content (AvgIpc) is 3.25. The molecule has 0 radical (unpaired) electrons. The predicted molar refractivity (Wildman–Crippen MR) is 129 cm³/mol. The van der Waals surface area contributed by atoms with E-state index < -0.39 is 18.3 Å². The molecule has 0 fully saturated rings. The number of fused-ring (bicyclic) bond motifs is 1. The van der Waals surface area contributed by atoms with Gasteiger partial charge in [0.1, 0.15) is 17.9 Å². The number of nitrogens with one attached hydrogen (secondary N) is 1. The first-order valence-corrected chi connectivity index (χ1v) is 11.4. The monoisotopic (exact) mass is 497 g/mol. The molecule has 0 aliphatic carbocycles. The van der Waals surface area contributed by atoms with Gasteiger partial charge in [0.2, 0.25) is 5.91 Å². The van der Waals surface area contributed by atoms with E-state index in [1.807, 2.05) is 32.2 Å². The molecule has 0 saturated carbocycles. The van der Waals surface area contributed by atoms with Gasteiger partial charge in [0, 0.05) is 47.6 Å². The Morgan fingerprint density at radius 1 is 1.17 bits per heavy atom. The summed E-state index contributed by atoms with van der Waals surface area (Å²) >= 11 is 0. The first-order valence-electron chi connectivity index (χ1n) is 11.4. The number of carbonyl (C=O) groups is 1. The second kappa shape index (κ2) is 9.96. The van der Waals surface area contributed by atoms with Gasteiger partial charge in [-0.2, -0.15) is 18.3 Å². The minimum atomic E-state index is -4.61. The molecule has 0 aliphatic heterocycles. The van der Waals surface area contributed by atoms with Crippen LogP contribution in [-0.4, -0.2) is 25.7 Å². The van der Waals surface area contributed by atoms with E-state index in [2.05, 4.69) is 20.4 Å². The number of hydrogen-bond donors (Lipinski definition) is 1. The van der Waals surface area contributed by atoms with Gasteiger partial charge in [-0.25, -0.2) is 4.98 Å². The van der Waals surface area contributed by atoms with Crippen molar-refractivity contribution in [2.75, 3.05) is 0 Å². The summed E-state index contributed by atoms with van der Waals surface area (Å²) in [6.07, 6.45) is -1.83. The van der Waals surface area contributed by atoms with Crippen molar-refractivity contribution in [3.8, 4) is 17.0 Å². The van der Waals surface area contributed by atoms with Crippen molar-refractivity contribution in [3.63, 3.8) is 0 Å². The fourth-order valence-corrected chi connectivity index (χ4v) is 3.96. The fourth-order valence-electron chi connectivity index (χ4n) is 3.96. The molecule has 4 rings (SSSR count). The molecule has 7 nitrogen and oxygen atoms in total. The first-order chi connectivity index (χ1) is 17.1. The lowest BCUT2D eigenvalue weighted by Crippen LogP contribution is -2.28. The summed E-state index contributed by atoms with van der Waals surface area (Å²) in [5.74, 6) is -0.250. The number of ether oxygens (including phenoxy) is 1. The number of para-hydroxylation sites is 1. The van der Waals surface area contributed by atoms with Crippen LogP contribution < -0.4 is 10.1 Å². The van der Waals surface area contributed by atoms with Gasteiger partial charge in [0.25, 0.3) is 0 Å². The van der Waals surface area contributed by atoms with Gasteiger partial charge in [-0.1, -0.05) is 26.0 Å². The maximum absolute atomic E-state index is 13.8. The lowest BCUT2D eigenvalue weighted by atomic mass is 10.0. The number of halogens is 3.